The van der Waals surface area contributed by atoms with Gasteiger partial charge in [-0.15, -0.1) is 0 Å². The molecule has 3 aromatic rings. The third-order valence-corrected chi connectivity index (χ3v) is 6.75. The molecule has 6 nitrogen and oxygen atoms in total. The number of allylic oxidation sites excluding steroid dienone is 2. The van der Waals surface area contributed by atoms with Crippen molar-refractivity contribution in [2.75, 3.05) is 13.2 Å². The van der Waals surface area contributed by atoms with Crippen molar-refractivity contribution in [3.8, 4) is 11.1 Å². The number of likely N-dealkylation sites (tertiary alicyclic amines) is 1. The molecule has 1 aliphatic carbocycles. The van der Waals surface area contributed by atoms with E-state index in [1.54, 1.807) is 31.2 Å². The fourth-order valence-corrected chi connectivity index (χ4v) is 5.03. The van der Waals surface area contributed by atoms with Crippen LogP contribution in [0.15, 0.2) is 90.7 Å². The van der Waals surface area contributed by atoms with Gasteiger partial charge in [0.15, 0.2) is 5.78 Å². The van der Waals surface area contributed by atoms with Gasteiger partial charge in [-0.05, 0) is 42.0 Å². The zero-order valence-electron chi connectivity index (χ0n) is 20.1. The lowest BCUT2D eigenvalue weighted by Gasteiger charge is -2.24. The minimum absolute atomic E-state index is 0.0523. The summed E-state index contributed by atoms with van der Waals surface area (Å²) in [5, 5.41) is 0. The lowest BCUT2D eigenvalue weighted by molar-refractivity contribution is -0.144. The van der Waals surface area contributed by atoms with Crippen LogP contribution in [0.1, 0.15) is 47.2 Å². The summed E-state index contributed by atoms with van der Waals surface area (Å²) in [6.45, 7) is 2.17. The Morgan fingerprint density at radius 1 is 0.889 bits per heavy atom. The Kier molecular flexibility index (Phi) is 6.67. The molecule has 6 heteroatoms. The van der Waals surface area contributed by atoms with Crippen LogP contribution in [-0.4, -0.2) is 41.9 Å². The number of ketones is 1. The molecule has 1 fully saturated rings. The van der Waals surface area contributed by atoms with E-state index in [2.05, 4.69) is 24.3 Å². The molecule has 0 spiro atoms. The van der Waals surface area contributed by atoms with Gasteiger partial charge < -0.3 is 9.47 Å². The molecule has 1 heterocycles. The molecular formula is C30H27NO5. The minimum atomic E-state index is -0.740. The highest BCUT2D eigenvalue weighted by Gasteiger charge is 2.37. The smallest absolute Gasteiger partial charge is 0.410 e. The highest BCUT2D eigenvalue weighted by molar-refractivity contribution is 6.04. The normalized spacial score (nSPS) is 16.9. The lowest BCUT2D eigenvalue weighted by Crippen LogP contribution is -2.42. The van der Waals surface area contributed by atoms with Crippen molar-refractivity contribution in [3.05, 3.63) is 107 Å². The average Bonchev–Trinajstić information content (AvgIpc) is 3.51. The van der Waals surface area contributed by atoms with E-state index in [4.69, 9.17) is 9.47 Å². The number of rotatable bonds is 6. The van der Waals surface area contributed by atoms with Gasteiger partial charge in [-0.3, -0.25) is 9.69 Å². The molecule has 0 N–H and O–H groups in total. The Balaban J connectivity index is 1.23. The number of amides is 1. The summed E-state index contributed by atoms with van der Waals surface area (Å²) >= 11 is 0. The molecule has 1 aliphatic heterocycles. The molecule has 0 bridgehead atoms. The van der Waals surface area contributed by atoms with Crippen molar-refractivity contribution in [3.63, 3.8) is 0 Å². The summed E-state index contributed by atoms with van der Waals surface area (Å²) in [6.07, 6.45) is 1.93. The molecule has 1 saturated heterocycles. The van der Waals surface area contributed by atoms with E-state index in [-0.39, 0.29) is 24.1 Å². The van der Waals surface area contributed by atoms with Crippen LogP contribution in [0.4, 0.5) is 4.79 Å². The topological polar surface area (TPSA) is 72.9 Å². The van der Waals surface area contributed by atoms with Crippen molar-refractivity contribution < 1.29 is 23.9 Å². The van der Waals surface area contributed by atoms with Crippen LogP contribution < -0.4 is 0 Å². The Bertz CT molecular complexity index is 1280. The standard InChI is InChI=1S/C30H27NO5/c1-20(18-28(32)21-10-3-2-4-11-21)36-29(33)27-16-9-17-31(27)30(34)35-19-26-24-14-7-5-12-22(24)23-13-6-8-15-25(23)26/h2-8,10-15,18,26-27H,9,16-17,19H2,1H3/t27-/m0/s1. The second-order valence-corrected chi connectivity index (χ2v) is 9.06. The van der Waals surface area contributed by atoms with Crippen LogP contribution in [0.5, 0.6) is 0 Å². The van der Waals surface area contributed by atoms with Crippen LogP contribution in [0, 0.1) is 0 Å². The van der Waals surface area contributed by atoms with E-state index in [0.717, 1.165) is 22.3 Å². The quantitative estimate of drug-likeness (QED) is 0.195. The van der Waals surface area contributed by atoms with Gasteiger partial charge in [0.2, 0.25) is 0 Å². The summed E-state index contributed by atoms with van der Waals surface area (Å²) in [7, 11) is 0. The number of carbonyl (C=O) groups excluding carboxylic acids is 3. The third kappa shape index (κ3) is 4.67. The molecule has 0 unspecified atom stereocenters. The Morgan fingerprint density at radius 3 is 2.17 bits per heavy atom. The fraction of sp³-hybridized carbons (Fsp3) is 0.233. The summed E-state index contributed by atoms with van der Waals surface area (Å²) in [6, 6.07) is 24.3. The number of hydrogen-bond donors (Lipinski definition) is 0. The van der Waals surface area contributed by atoms with Crippen LogP contribution >= 0.6 is 0 Å². The Labute approximate surface area is 210 Å². The monoisotopic (exact) mass is 481 g/mol. The van der Waals surface area contributed by atoms with Gasteiger partial charge in [0.25, 0.3) is 0 Å². The van der Waals surface area contributed by atoms with Crippen LogP contribution in [0.2, 0.25) is 0 Å². The second kappa shape index (κ2) is 10.2. The van der Waals surface area contributed by atoms with Gasteiger partial charge >= 0.3 is 12.1 Å². The van der Waals surface area contributed by atoms with E-state index in [1.807, 2.05) is 30.3 Å². The second-order valence-electron chi connectivity index (χ2n) is 9.06. The number of ether oxygens (including phenoxy) is 2. The first-order valence-corrected chi connectivity index (χ1v) is 12.1. The summed E-state index contributed by atoms with van der Waals surface area (Å²) in [5.74, 6) is -0.673. The molecule has 0 radical (unpaired) electrons. The van der Waals surface area contributed by atoms with Crippen molar-refractivity contribution >= 4 is 17.8 Å². The number of hydrogen-bond acceptors (Lipinski definition) is 5. The molecular weight excluding hydrogens is 454 g/mol. The van der Waals surface area contributed by atoms with E-state index in [0.29, 0.717) is 24.9 Å². The number of fused-ring (bicyclic) bond motifs is 3. The maximum Gasteiger partial charge on any atom is 0.410 e. The minimum Gasteiger partial charge on any atom is -0.448 e. The molecule has 2 aliphatic rings. The predicted molar refractivity (Wildman–Crippen MR) is 135 cm³/mol. The van der Waals surface area contributed by atoms with Gasteiger partial charge in [-0.25, -0.2) is 9.59 Å². The predicted octanol–water partition coefficient (Wildman–Crippen LogP) is 5.73. The maximum atomic E-state index is 13.0. The van der Waals surface area contributed by atoms with Crippen molar-refractivity contribution in [1.29, 1.82) is 0 Å². The Morgan fingerprint density at radius 2 is 1.50 bits per heavy atom. The summed E-state index contributed by atoms with van der Waals surface area (Å²) < 4.78 is 11.2. The molecule has 5 rings (SSSR count). The van der Waals surface area contributed by atoms with Crippen molar-refractivity contribution in [2.24, 2.45) is 0 Å². The Hall–Kier alpha value is -4.19. The number of benzene rings is 3. The van der Waals surface area contributed by atoms with Gasteiger partial charge in [0.1, 0.15) is 18.4 Å². The van der Waals surface area contributed by atoms with Gasteiger partial charge in [-0.1, -0.05) is 78.9 Å². The van der Waals surface area contributed by atoms with Crippen LogP contribution in [0.3, 0.4) is 0 Å². The number of esters is 1. The highest BCUT2D eigenvalue weighted by Crippen LogP contribution is 2.44. The fourth-order valence-electron chi connectivity index (χ4n) is 5.03. The molecule has 36 heavy (non-hydrogen) atoms. The zero-order valence-corrected chi connectivity index (χ0v) is 20.1. The zero-order chi connectivity index (χ0) is 25.1. The first-order chi connectivity index (χ1) is 17.5. The lowest BCUT2D eigenvalue weighted by atomic mass is 9.98. The maximum absolute atomic E-state index is 13.0. The van der Waals surface area contributed by atoms with Gasteiger partial charge in [-0.2, -0.15) is 0 Å². The van der Waals surface area contributed by atoms with Gasteiger partial charge in [0.05, 0.1) is 0 Å². The summed E-state index contributed by atoms with van der Waals surface area (Å²) in [5.41, 5.74) is 5.09. The first kappa shape index (κ1) is 23.5. The van der Waals surface area contributed by atoms with Gasteiger partial charge in [0, 0.05) is 24.1 Å². The molecule has 182 valence electrons. The molecule has 0 saturated carbocycles. The molecule has 1 atom stereocenters. The number of carbonyl (C=O) groups is 3. The summed E-state index contributed by atoms with van der Waals surface area (Å²) in [4.78, 5) is 39.7. The molecule has 0 aromatic heterocycles. The highest BCUT2D eigenvalue weighted by atomic mass is 16.6. The van der Waals surface area contributed by atoms with Crippen molar-refractivity contribution in [2.45, 2.75) is 31.7 Å². The average molecular weight is 482 g/mol. The SMILES string of the molecule is CC(=CC(=O)c1ccccc1)OC(=O)[C@@H]1CCCN1C(=O)OCC1c2ccccc2-c2ccccc21. The van der Waals surface area contributed by atoms with Crippen LogP contribution in [-0.2, 0) is 14.3 Å². The largest absolute Gasteiger partial charge is 0.448 e. The molecule has 3 aromatic carbocycles. The van der Waals surface area contributed by atoms with E-state index >= 15 is 0 Å². The third-order valence-electron chi connectivity index (χ3n) is 6.75. The first-order valence-electron chi connectivity index (χ1n) is 12.1. The van der Waals surface area contributed by atoms with E-state index in [9.17, 15) is 14.4 Å². The van der Waals surface area contributed by atoms with Crippen LogP contribution in [0.25, 0.3) is 11.1 Å². The molecule has 1 amide bonds. The van der Waals surface area contributed by atoms with E-state index in [1.165, 1.54) is 11.0 Å². The van der Waals surface area contributed by atoms with Crippen molar-refractivity contribution in [1.82, 2.24) is 4.90 Å². The number of nitrogens with zero attached hydrogens (tertiary/aromatic N) is 1. The van der Waals surface area contributed by atoms with E-state index < -0.39 is 18.1 Å².